The Morgan fingerprint density at radius 3 is 2.47 bits per heavy atom. The molecular formula is C10H13FO4S2. The molecule has 7 heteroatoms. The molecule has 0 bridgehead atoms. The van der Waals surface area contributed by atoms with Gasteiger partial charge < -0.3 is 8.92 Å². The van der Waals surface area contributed by atoms with Gasteiger partial charge >= 0.3 is 10.5 Å². The van der Waals surface area contributed by atoms with Gasteiger partial charge in [-0.25, -0.2) is 0 Å². The molecule has 0 spiro atoms. The second-order valence-corrected chi connectivity index (χ2v) is 5.22. The molecule has 0 fully saturated rings. The van der Waals surface area contributed by atoms with Crippen LogP contribution in [0.4, 0.5) is 3.89 Å². The van der Waals surface area contributed by atoms with Crippen LogP contribution in [0, 0.1) is 0 Å². The fourth-order valence-corrected chi connectivity index (χ4v) is 2.29. The predicted molar refractivity (Wildman–Crippen MR) is 65.1 cm³/mol. The molecule has 1 aromatic carbocycles. The monoisotopic (exact) mass is 280 g/mol. The molecule has 0 aliphatic carbocycles. The molecule has 17 heavy (non-hydrogen) atoms. The van der Waals surface area contributed by atoms with Gasteiger partial charge in [-0.2, -0.15) is 20.2 Å². The van der Waals surface area contributed by atoms with Gasteiger partial charge in [0.1, 0.15) is 5.75 Å². The fourth-order valence-electron chi connectivity index (χ4n) is 1.09. The average Bonchev–Trinajstić information content (AvgIpc) is 2.25. The smallest absolute Gasteiger partial charge is 0.384 e. The van der Waals surface area contributed by atoms with Crippen LogP contribution in [0.5, 0.6) is 5.75 Å². The molecule has 0 N–H and O–H groups in total. The topological polar surface area (TPSA) is 52.6 Å². The number of ether oxygens (including phenoxy) is 1. The molecule has 0 aromatic heterocycles. The summed E-state index contributed by atoms with van der Waals surface area (Å²) in [6, 6.07) is 6.23. The van der Waals surface area contributed by atoms with Crippen LogP contribution in [-0.4, -0.2) is 27.9 Å². The minimum absolute atomic E-state index is 0.0295. The number of halogens is 1. The number of hydrogen-bond donors (Lipinski definition) is 0. The zero-order valence-corrected chi connectivity index (χ0v) is 10.9. The van der Waals surface area contributed by atoms with Crippen molar-refractivity contribution in [3.8, 4) is 5.75 Å². The summed E-state index contributed by atoms with van der Waals surface area (Å²) in [5.74, 6) is 1.64. The number of methoxy groups -OCH3 is 1. The molecule has 0 heterocycles. The van der Waals surface area contributed by atoms with Gasteiger partial charge in [0.15, 0.2) is 0 Å². The first-order valence-electron chi connectivity index (χ1n) is 4.81. The van der Waals surface area contributed by atoms with Gasteiger partial charge in [0.2, 0.25) is 0 Å². The minimum Gasteiger partial charge on any atom is -0.384 e. The van der Waals surface area contributed by atoms with Gasteiger partial charge in [0.05, 0.1) is 6.61 Å². The number of hydrogen-bond acceptors (Lipinski definition) is 5. The highest BCUT2D eigenvalue weighted by atomic mass is 32.3. The summed E-state index contributed by atoms with van der Waals surface area (Å²) in [5, 5.41) is 0. The maximum Gasteiger partial charge on any atom is 0.488 e. The van der Waals surface area contributed by atoms with E-state index in [0.29, 0.717) is 6.61 Å². The normalized spacial score (nSPS) is 11.4. The first kappa shape index (κ1) is 14.3. The summed E-state index contributed by atoms with van der Waals surface area (Å²) in [5.41, 5.74) is 1.01. The maximum absolute atomic E-state index is 12.2. The Kier molecular flexibility index (Phi) is 5.73. The molecule has 0 radical (unpaired) electrons. The third-order valence-electron chi connectivity index (χ3n) is 1.82. The predicted octanol–water partition coefficient (Wildman–Crippen LogP) is 2.16. The van der Waals surface area contributed by atoms with Gasteiger partial charge in [-0.15, -0.1) is 0 Å². The van der Waals surface area contributed by atoms with Crippen LogP contribution >= 0.6 is 11.8 Å². The van der Waals surface area contributed by atoms with E-state index in [9.17, 15) is 12.3 Å². The van der Waals surface area contributed by atoms with Crippen molar-refractivity contribution in [2.24, 2.45) is 0 Å². The molecule has 1 rings (SSSR count). The fraction of sp³-hybridized carbons (Fsp3) is 0.400. The summed E-state index contributed by atoms with van der Waals surface area (Å²) in [4.78, 5) is 0. The molecule has 1 aromatic rings. The van der Waals surface area contributed by atoms with Crippen molar-refractivity contribution in [1.82, 2.24) is 0 Å². The molecule has 0 atom stereocenters. The van der Waals surface area contributed by atoms with Crippen LogP contribution in [0.25, 0.3) is 0 Å². The summed E-state index contributed by atoms with van der Waals surface area (Å²) >= 11 is 1.69. The third-order valence-corrected chi connectivity index (χ3v) is 3.20. The largest absolute Gasteiger partial charge is 0.488 e. The summed E-state index contributed by atoms with van der Waals surface area (Å²) < 4.78 is 41.6. The van der Waals surface area contributed by atoms with E-state index in [1.54, 1.807) is 31.0 Å². The Bertz CT molecular complexity index is 430. The highest BCUT2D eigenvalue weighted by molar-refractivity contribution is 7.98. The molecule has 0 saturated carbocycles. The van der Waals surface area contributed by atoms with Gasteiger partial charge in [0.25, 0.3) is 0 Å². The van der Waals surface area contributed by atoms with Crippen molar-refractivity contribution in [3.05, 3.63) is 29.8 Å². The highest BCUT2D eigenvalue weighted by Crippen LogP contribution is 2.18. The summed E-state index contributed by atoms with van der Waals surface area (Å²) in [7, 11) is -3.29. The number of benzene rings is 1. The van der Waals surface area contributed by atoms with Crippen LogP contribution in [0.15, 0.2) is 24.3 Å². The van der Waals surface area contributed by atoms with Crippen LogP contribution in [0.2, 0.25) is 0 Å². The van der Waals surface area contributed by atoms with Crippen LogP contribution in [0.1, 0.15) is 5.56 Å². The molecule has 0 aliphatic rings. The third kappa shape index (κ3) is 6.50. The van der Waals surface area contributed by atoms with Crippen molar-refractivity contribution >= 4 is 22.3 Å². The lowest BCUT2D eigenvalue weighted by Crippen LogP contribution is -2.01. The van der Waals surface area contributed by atoms with Crippen LogP contribution < -0.4 is 4.18 Å². The molecule has 0 amide bonds. The molecule has 96 valence electrons. The number of rotatable bonds is 7. The van der Waals surface area contributed by atoms with Crippen molar-refractivity contribution in [3.63, 3.8) is 0 Å². The van der Waals surface area contributed by atoms with E-state index in [-0.39, 0.29) is 5.75 Å². The second kappa shape index (κ2) is 6.83. The Morgan fingerprint density at radius 2 is 1.94 bits per heavy atom. The quantitative estimate of drug-likeness (QED) is 0.566. The van der Waals surface area contributed by atoms with Crippen LogP contribution in [0.3, 0.4) is 0 Å². The van der Waals surface area contributed by atoms with E-state index in [2.05, 4.69) is 4.18 Å². The Morgan fingerprint density at radius 1 is 1.29 bits per heavy atom. The maximum atomic E-state index is 12.2. The first-order valence-corrected chi connectivity index (χ1v) is 7.27. The summed E-state index contributed by atoms with van der Waals surface area (Å²) in [6.07, 6.45) is 0. The van der Waals surface area contributed by atoms with E-state index in [0.717, 1.165) is 17.1 Å². The zero-order chi connectivity index (χ0) is 12.7. The van der Waals surface area contributed by atoms with Gasteiger partial charge in [-0.3, -0.25) is 0 Å². The molecule has 0 saturated heterocycles. The average molecular weight is 280 g/mol. The Hall–Kier alpha value is -0.790. The standard InChI is InChI=1S/C10H13FO4S2/c1-14-6-7-16-8-9-2-4-10(5-3-9)15-17(11,12)13/h2-5H,6-8H2,1H3. The molecular weight excluding hydrogens is 267 g/mol. The minimum atomic E-state index is -4.94. The highest BCUT2D eigenvalue weighted by Gasteiger charge is 2.08. The van der Waals surface area contributed by atoms with Crippen molar-refractivity contribution in [2.75, 3.05) is 19.5 Å². The van der Waals surface area contributed by atoms with Gasteiger partial charge in [0, 0.05) is 18.6 Å². The summed E-state index contributed by atoms with van der Waals surface area (Å²) in [6.45, 7) is 0.686. The zero-order valence-electron chi connectivity index (χ0n) is 9.26. The van der Waals surface area contributed by atoms with Gasteiger partial charge in [-0.05, 0) is 17.7 Å². The lowest BCUT2D eigenvalue weighted by Gasteiger charge is -2.03. The number of thioether (sulfide) groups is 1. The van der Waals surface area contributed by atoms with E-state index < -0.39 is 10.5 Å². The molecule has 0 aliphatic heterocycles. The first-order chi connectivity index (χ1) is 8.01. The van der Waals surface area contributed by atoms with E-state index >= 15 is 0 Å². The lowest BCUT2D eigenvalue weighted by atomic mass is 10.2. The van der Waals surface area contributed by atoms with E-state index in [1.807, 2.05) is 0 Å². The van der Waals surface area contributed by atoms with E-state index in [1.165, 1.54) is 12.1 Å². The molecule has 4 nitrogen and oxygen atoms in total. The lowest BCUT2D eigenvalue weighted by molar-refractivity contribution is 0.218. The van der Waals surface area contributed by atoms with Crippen molar-refractivity contribution in [1.29, 1.82) is 0 Å². The Labute approximate surface area is 105 Å². The SMILES string of the molecule is COCCSCc1ccc(OS(=O)(=O)F)cc1. The van der Waals surface area contributed by atoms with Crippen molar-refractivity contribution < 1.29 is 21.2 Å². The van der Waals surface area contributed by atoms with Crippen LogP contribution in [-0.2, 0) is 21.0 Å². The molecule has 0 unspecified atom stereocenters. The van der Waals surface area contributed by atoms with Crippen molar-refractivity contribution in [2.45, 2.75) is 5.75 Å². The Balaban J connectivity index is 2.45. The second-order valence-electron chi connectivity index (χ2n) is 3.17. The van der Waals surface area contributed by atoms with E-state index in [4.69, 9.17) is 4.74 Å². The van der Waals surface area contributed by atoms with Gasteiger partial charge in [-0.1, -0.05) is 16.0 Å².